The molecule has 0 amide bonds. The first-order chi connectivity index (χ1) is 15.5. The quantitative estimate of drug-likeness (QED) is 0.419. The molecule has 5 nitrogen and oxygen atoms in total. The molecule has 0 fully saturated rings. The molecule has 0 unspecified atom stereocenters. The molecule has 1 atom stereocenters. The van der Waals surface area contributed by atoms with E-state index in [0.29, 0.717) is 24.8 Å². The number of ether oxygens (including phenoxy) is 1. The van der Waals surface area contributed by atoms with E-state index in [0.717, 1.165) is 29.0 Å². The zero-order valence-corrected chi connectivity index (χ0v) is 17.4. The number of hydrogen-bond acceptors (Lipinski definition) is 4. The summed E-state index contributed by atoms with van der Waals surface area (Å²) in [4.78, 5) is 8.92. The van der Waals surface area contributed by atoms with Crippen LogP contribution in [0.4, 0.5) is 19.0 Å². The first-order valence-corrected chi connectivity index (χ1v) is 10.4. The van der Waals surface area contributed by atoms with Crippen LogP contribution < -0.4 is 5.32 Å². The fourth-order valence-electron chi connectivity index (χ4n) is 4.12. The van der Waals surface area contributed by atoms with Crippen LogP contribution in [0.25, 0.3) is 22.3 Å². The first kappa shape index (κ1) is 20.5. The molecule has 0 bridgehead atoms. The normalized spacial score (nSPS) is 15.3. The molecule has 0 aliphatic carbocycles. The molecule has 0 saturated heterocycles. The van der Waals surface area contributed by atoms with Crippen LogP contribution in [0.5, 0.6) is 0 Å². The van der Waals surface area contributed by atoms with E-state index in [4.69, 9.17) is 4.74 Å². The number of nitrogens with one attached hydrogen (secondary N) is 1. The Kier molecular flexibility index (Phi) is 5.30. The Hall–Kier alpha value is -3.39. The molecule has 1 aliphatic heterocycles. The summed E-state index contributed by atoms with van der Waals surface area (Å²) >= 11 is 0. The molecule has 8 heteroatoms. The van der Waals surface area contributed by atoms with Gasteiger partial charge in [-0.15, -0.1) is 0 Å². The molecule has 164 valence electrons. The summed E-state index contributed by atoms with van der Waals surface area (Å²) in [6, 6.07) is 9.56. The van der Waals surface area contributed by atoms with Crippen LogP contribution in [0.3, 0.4) is 0 Å². The molecular formula is C24H21F3N4O. The second kappa shape index (κ2) is 8.27. The van der Waals surface area contributed by atoms with E-state index >= 15 is 0 Å². The topological polar surface area (TPSA) is 51.5 Å². The van der Waals surface area contributed by atoms with Gasteiger partial charge in [-0.1, -0.05) is 30.3 Å². The molecule has 0 spiro atoms. The predicted octanol–water partition coefficient (Wildman–Crippen LogP) is 5.94. The van der Waals surface area contributed by atoms with Crippen molar-refractivity contribution in [2.75, 3.05) is 18.5 Å². The zero-order valence-electron chi connectivity index (χ0n) is 17.4. The van der Waals surface area contributed by atoms with Gasteiger partial charge in [0.2, 0.25) is 5.78 Å². The zero-order chi connectivity index (χ0) is 22.2. The van der Waals surface area contributed by atoms with Crippen molar-refractivity contribution in [3.8, 4) is 0 Å². The molecule has 1 aliphatic rings. The third-order valence-corrected chi connectivity index (χ3v) is 5.79. The lowest BCUT2D eigenvalue weighted by atomic mass is 9.99. The molecule has 3 heterocycles. The van der Waals surface area contributed by atoms with Gasteiger partial charge in [-0.25, -0.2) is 18.2 Å². The Morgan fingerprint density at radius 3 is 2.78 bits per heavy atom. The van der Waals surface area contributed by atoms with Gasteiger partial charge in [0.1, 0.15) is 11.6 Å². The van der Waals surface area contributed by atoms with Crippen molar-refractivity contribution >= 4 is 28.1 Å². The summed E-state index contributed by atoms with van der Waals surface area (Å²) in [6.07, 6.45) is 3.50. The highest BCUT2D eigenvalue weighted by Gasteiger charge is 2.21. The predicted molar refractivity (Wildman–Crippen MR) is 117 cm³/mol. The number of aromatic nitrogens is 3. The van der Waals surface area contributed by atoms with E-state index in [2.05, 4.69) is 27.4 Å². The Labute approximate surface area is 182 Å². The largest absolute Gasteiger partial charge is 0.377 e. The Balaban J connectivity index is 1.60. The fourth-order valence-corrected chi connectivity index (χ4v) is 4.12. The van der Waals surface area contributed by atoms with Crippen LogP contribution in [0, 0.1) is 5.82 Å². The number of rotatable bonds is 5. The fraction of sp³-hybridized carbons (Fsp3) is 0.250. The maximum absolute atomic E-state index is 14.7. The van der Waals surface area contributed by atoms with Crippen molar-refractivity contribution < 1.29 is 17.9 Å². The minimum atomic E-state index is -2.88. The maximum Gasteiger partial charge on any atom is 0.266 e. The maximum atomic E-state index is 14.7. The van der Waals surface area contributed by atoms with Crippen LogP contribution >= 0.6 is 0 Å². The third kappa shape index (κ3) is 3.60. The standard InChI is InChI=1S/C24H21F3N4O/c1-14(17-3-2-4-18(21(17)25)22(26)27)29-23-19-13-16(15-7-11-32-12-8-15)5-6-20(19)31-10-9-28-24(31)30-23/h2-7,9-10,13-14,22H,8,11-12H2,1H3,(H,28,29,30)/t14-/m1/s1. The van der Waals surface area contributed by atoms with E-state index in [-0.39, 0.29) is 5.56 Å². The SMILES string of the molecule is C[C@@H](Nc1nc2nccn2c2ccc(C3=CCOCC3)cc12)c1cccc(C(F)F)c1F. The highest BCUT2D eigenvalue weighted by molar-refractivity contribution is 5.93. The second-order valence-corrected chi connectivity index (χ2v) is 7.76. The molecule has 32 heavy (non-hydrogen) atoms. The number of nitrogens with zero attached hydrogens (tertiary/aromatic N) is 3. The van der Waals surface area contributed by atoms with Crippen LogP contribution in [-0.4, -0.2) is 27.6 Å². The van der Waals surface area contributed by atoms with E-state index in [1.807, 2.05) is 22.7 Å². The molecule has 2 aromatic heterocycles. The summed E-state index contributed by atoms with van der Waals surface area (Å²) in [7, 11) is 0. The van der Waals surface area contributed by atoms with E-state index in [9.17, 15) is 13.2 Å². The molecule has 5 rings (SSSR count). The number of halogens is 3. The Bertz CT molecular complexity index is 1330. The van der Waals surface area contributed by atoms with Gasteiger partial charge in [0.25, 0.3) is 6.43 Å². The second-order valence-electron chi connectivity index (χ2n) is 7.76. The number of fused-ring (bicyclic) bond motifs is 3. The van der Waals surface area contributed by atoms with Gasteiger partial charge >= 0.3 is 0 Å². The Morgan fingerprint density at radius 2 is 2.00 bits per heavy atom. The van der Waals surface area contributed by atoms with E-state index in [1.54, 1.807) is 13.1 Å². The molecular weight excluding hydrogens is 417 g/mol. The average Bonchev–Trinajstić information content (AvgIpc) is 3.28. The van der Waals surface area contributed by atoms with Crippen LogP contribution in [0.1, 0.15) is 42.5 Å². The minimum absolute atomic E-state index is 0.157. The lowest BCUT2D eigenvalue weighted by Crippen LogP contribution is -2.12. The summed E-state index contributed by atoms with van der Waals surface area (Å²) in [5, 5.41) is 4.06. The van der Waals surface area contributed by atoms with Crippen LogP contribution in [0.2, 0.25) is 0 Å². The van der Waals surface area contributed by atoms with Crippen molar-refractivity contribution in [1.29, 1.82) is 0 Å². The van der Waals surface area contributed by atoms with Crippen molar-refractivity contribution in [1.82, 2.24) is 14.4 Å². The van der Waals surface area contributed by atoms with Crippen molar-refractivity contribution in [2.24, 2.45) is 0 Å². The molecule has 1 N–H and O–H groups in total. The highest BCUT2D eigenvalue weighted by Crippen LogP contribution is 2.33. The van der Waals surface area contributed by atoms with Crippen LogP contribution in [-0.2, 0) is 4.74 Å². The highest BCUT2D eigenvalue weighted by atomic mass is 19.3. The number of alkyl halides is 2. The molecule has 0 radical (unpaired) electrons. The minimum Gasteiger partial charge on any atom is -0.377 e. The lowest BCUT2D eigenvalue weighted by Gasteiger charge is -2.20. The van der Waals surface area contributed by atoms with Gasteiger partial charge in [-0.3, -0.25) is 4.40 Å². The van der Waals surface area contributed by atoms with Gasteiger partial charge < -0.3 is 10.1 Å². The van der Waals surface area contributed by atoms with Gasteiger partial charge in [0.05, 0.1) is 30.3 Å². The number of hydrogen-bond donors (Lipinski definition) is 1. The van der Waals surface area contributed by atoms with E-state index < -0.39 is 23.8 Å². The van der Waals surface area contributed by atoms with Crippen LogP contribution in [0.15, 0.2) is 54.9 Å². The summed E-state index contributed by atoms with van der Waals surface area (Å²) < 4.78 is 48.4. The molecule has 4 aromatic rings. The monoisotopic (exact) mass is 438 g/mol. The van der Waals surface area contributed by atoms with Gasteiger partial charge in [-0.2, -0.15) is 4.98 Å². The summed E-state index contributed by atoms with van der Waals surface area (Å²) in [5.74, 6) is 0.108. The average molecular weight is 438 g/mol. The van der Waals surface area contributed by atoms with Crippen molar-refractivity contribution in [3.05, 3.63) is 77.4 Å². The lowest BCUT2D eigenvalue weighted by molar-refractivity contribution is 0.146. The van der Waals surface area contributed by atoms with Crippen molar-refractivity contribution in [2.45, 2.75) is 25.8 Å². The molecule has 2 aromatic carbocycles. The smallest absolute Gasteiger partial charge is 0.266 e. The summed E-state index contributed by atoms with van der Waals surface area (Å²) in [6.45, 7) is 2.97. The van der Waals surface area contributed by atoms with Gasteiger partial charge in [0, 0.05) is 23.3 Å². The third-order valence-electron chi connectivity index (χ3n) is 5.79. The first-order valence-electron chi connectivity index (χ1n) is 10.4. The van der Waals surface area contributed by atoms with Crippen molar-refractivity contribution in [3.63, 3.8) is 0 Å². The Morgan fingerprint density at radius 1 is 1.16 bits per heavy atom. The molecule has 0 saturated carbocycles. The number of benzene rings is 2. The number of imidazole rings is 1. The van der Waals surface area contributed by atoms with Gasteiger partial charge in [-0.05, 0) is 36.6 Å². The van der Waals surface area contributed by atoms with Gasteiger partial charge in [0.15, 0.2) is 0 Å². The summed E-state index contributed by atoms with van der Waals surface area (Å²) in [5.41, 5.74) is 2.69. The number of anilines is 1. The van der Waals surface area contributed by atoms with E-state index in [1.165, 1.54) is 17.7 Å².